The SMILES string of the molecule is CCc1c(C(=O)Cc2ccccc2OC(F)(F)F)c2cccc(F)c2n1CCCNS(C)(=O)=O. The van der Waals surface area contributed by atoms with Crippen molar-refractivity contribution in [3.05, 3.63) is 65.1 Å². The van der Waals surface area contributed by atoms with Crippen LogP contribution in [0.3, 0.4) is 0 Å². The van der Waals surface area contributed by atoms with Crippen molar-refractivity contribution in [3.8, 4) is 5.75 Å². The highest BCUT2D eigenvalue weighted by Gasteiger charge is 2.32. The summed E-state index contributed by atoms with van der Waals surface area (Å²) in [6.07, 6.45) is -3.55. The normalized spacial score (nSPS) is 12.3. The van der Waals surface area contributed by atoms with E-state index in [0.717, 1.165) is 12.3 Å². The second-order valence-electron chi connectivity index (χ2n) is 7.74. The van der Waals surface area contributed by atoms with E-state index in [-0.39, 0.29) is 36.2 Å². The van der Waals surface area contributed by atoms with Gasteiger partial charge >= 0.3 is 6.36 Å². The van der Waals surface area contributed by atoms with Crippen LogP contribution in [0.1, 0.15) is 35.0 Å². The molecule has 0 aliphatic heterocycles. The van der Waals surface area contributed by atoms with Crippen molar-refractivity contribution >= 4 is 26.7 Å². The molecule has 0 atom stereocenters. The van der Waals surface area contributed by atoms with E-state index >= 15 is 0 Å². The van der Waals surface area contributed by atoms with Crippen LogP contribution in [0, 0.1) is 5.82 Å². The second-order valence-corrected chi connectivity index (χ2v) is 9.57. The zero-order chi connectivity index (χ0) is 25.1. The fourth-order valence-electron chi connectivity index (χ4n) is 3.97. The predicted octanol–water partition coefficient (Wildman–Crippen LogP) is 4.61. The molecule has 0 aliphatic carbocycles. The monoisotopic (exact) mass is 500 g/mol. The quantitative estimate of drug-likeness (QED) is 0.251. The third kappa shape index (κ3) is 6.15. The van der Waals surface area contributed by atoms with Gasteiger partial charge in [-0.05, 0) is 25.0 Å². The van der Waals surface area contributed by atoms with E-state index < -0.39 is 33.7 Å². The Morgan fingerprint density at radius 1 is 1.12 bits per heavy atom. The van der Waals surface area contributed by atoms with Gasteiger partial charge in [0.15, 0.2) is 5.78 Å². The van der Waals surface area contributed by atoms with Gasteiger partial charge in [-0.1, -0.05) is 37.3 Å². The van der Waals surface area contributed by atoms with Crippen LogP contribution < -0.4 is 9.46 Å². The van der Waals surface area contributed by atoms with Crippen LogP contribution in [0.15, 0.2) is 42.5 Å². The first-order valence-electron chi connectivity index (χ1n) is 10.5. The molecule has 0 unspecified atom stereocenters. The van der Waals surface area contributed by atoms with Crippen LogP contribution in [0.25, 0.3) is 10.9 Å². The Morgan fingerprint density at radius 3 is 2.47 bits per heavy atom. The van der Waals surface area contributed by atoms with Crippen molar-refractivity contribution < 1.29 is 35.5 Å². The number of aryl methyl sites for hydroxylation is 1. The summed E-state index contributed by atoms with van der Waals surface area (Å²) in [5.74, 6) is -1.50. The number of alkyl halides is 3. The molecule has 0 fully saturated rings. The highest BCUT2D eigenvalue weighted by molar-refractivity contribution is 7.88. The molecule has 1 N–H and O–H groups in total. The summed E-state index contributed by atoms with van der Waals surface area (Å²) in [6, 6.07) is 9.70. The molecule has 0 bridgehead atoms. The number of Topliss-reactive ketones (excluding diaryl/α,β-unsaturated/α-hetero) is 1. The number of rotatable bonds is 10. The summed E-state index contributed by atoms with van der Waals surface area (Å²) >= 11 is 0. The van der Waals surface area contributed by atoms with Crippen LogP contribution in [0.5, 0.6) is 5.75 Å². The van der Waals surface area contributed by atoms with Crippen molar-refractivity contribution in [1.82, 2.24) is 9.29 Å². The molecule has 3 aromatic rings. The summed E-state index contributed by atoms with van der Waals surface area (Å²) in [6.45, 7) is 2.15. The molecular formula is C23H24F4N2O4S. The molecule has 0 amide bonds. The van der Waals surface area contributed by atoms with Gasteiger partial charge in [-0.15, -0.1) is 13.2 Å². The van der Waals surface area contributed by atoms with Crippen LogP contribution in [0.4, 0.5) is 17.6 Å². The number of ether oxygens (including phenoxy) is 1. The molecule has 11 heteroatoms. The summed E-state index contributed by atoms with van der Waals surface area (Å²) in [5.41, 5.74) is 1.01. The van der Waals surface area contributed by atoms with E-state index in [4.69, 9.17) is 0 Å². The topological polar surface area (TPSA) is 77.4 Å². The molecule has 6 nitrogen and oxygen atoms in total. The third-order valence-corrected chi connectivity index (χ3v) is 5.95. The number of carbonyl (C=O) groups is 1. The number of hydrogen-bond donors (Lipinski definition) is 1. The van der Waals surface area contributed by atoms with E-state index in [2.05, 4.69) is 9.46 Å². The zero-order valence-corrected chi connectivity index (χ0v) is 19.4. The number of para-hydroxylation sites is 2. The molecule has 3 rings (SSSR count). The van der Waals surface area contributed by atoms with Crippen molar-refractivity contribution in [1.29, 1.82) is 0 Å². The fraction of sp³-hybridized carbons (Fsp3) is 0.348. The van der Waals surface area contributed by atoms with Gasteiger partial charge in [-0.2, -0.15) is 0 Å². The molecule has 0 saturated carbocycles. The number of benzene rings is 2. The largest absolute Gasteiger partial charge is 0.573 e. The average molecular weight is 501 g/mol. The molecule has 0 saturated heterocycles. The molecule has 34 heavy (non-hydrogen) atoms. The van der Waals surface area contributed by atoms with Crippen molar-refractivity contribution in [2.75, 3.05) is 12.8 Å². The lowest BCUT2D eigenvalue weighted by atomic mass is 9.98. The number of aromatic nitrogens is 1. The van der Waals surface area contributed by atoms with Gasteiger partial charge < -0.3 is 9.30 Å². The van der Waals surface area contributed by atoms with E-state index in [1.54, 1.807) is 17.6 Å². The van der Waals surface area contributed by atoms with Crippen LogP contribution >= 0.6 is 0 Å². The maximum absolute atomic E-state index is 14.8. The minimum Gasteiger partial charge on any atom is -0.405 e. The number of nitrogens with one attached hydrogen (secondary N) is 1. The molecule has 2 aromatic carbocycles. The number of sulfonamides is 1. The summed E-state index contributed by atoms with van der Waals surface area (Å²) < 4.78 is 83.9. The Hall–Kier alpha value is -2.92. The summed E-state index contributed by atoms with van der Waals surface area (Å²) in [4.78, 5) is 13.3. The smallest absolute Gasteiger partial charge is 0.405 e. The highest BCUT2D eigenvalue weighted by Crippen LogP contribution is 2.32. The molecule has 1 aromatic heterocycles. The first kappa shape index (κ1) is 25.7. The second kappa shape index (κ2) is 10.1. The van der Waals surface area contributed by atoms with E-state index in [0.29, 0.717) is 23.9 Å². The van der Waals surface area contributed by atoms with Crippen molar-refractivity contribution in [3.63, 3.8) is 0 Å². The van der Waals surface area contributed by atoms with E-state index in [1.165, 1.54) is 30.3 Å². The van der Waals surface area contributed by atoms with Gasteiger partial charge in [-0.3, -0.25) is 4.79 Å². The van der Waals surface area contributed by atoms with Crippen LogP contribution in [-0.4, -0.2) is 37.9 Å². The zero-order valence-electron chi connectivity index (χ0n) is 18.6. The maximum Gasteiger partial charge on any atom is 0.573 e. The minimum absolute atomic E-state index is 0.0570. The van der Waals surface area contributed by atoms with Crippen LogP contribution in [0.2, 0.25) is 0 Å². The number of ketones is 1. The summed E-state index contributed by atoms with van der Waals surface area (Å²) in [5, 5.41) is 0.354. The fourth-order valence-corrected chi connectivity index (χ4v) is 4.49. The van der Waals surface area contributed by atoms with Gasteiger partial charge in [0, 0.05) is 41.7 Å². The van der Waals surface area contributed by atoms with Crippen molar-refractivity contribution in [2.24, 2.45) is 0 Å². The lowest BCUT2D eigenvalue weighted by Gasteiger charge is -2.13. The van der Waals surface area contributed by atoms with Crippen LogP contribution in [-0.2, 0) is 29.4 Å². The number of halogens is 4. The molecule has 184 valence electrons. The van der Waals surface area contributed by atoms with E-state index in [9.17, 15) is 30.8 Å². The third-order valence-electron chi connectivity index (χ3n) is 5.23. The molecular weight excluding hydrogens is 476 g/mol. The Morgan fingerprint density at radius 2 is 1.82 bits per heavy atom. The summed E-state index contributed by atoms with van der Waals surface area (Å²) in [7, 11) is -3.38. The van der Waals surface area contributed by atoms with Gasteiger partial charge in [0.05, 0.1) is 11.8 Å². The molecule has 0 radical (unpaired) electrons. The van der Waals surface area contributed by atoms with E-state index in [1.807, 2.05) is 0 Å². The predicted molar refractivity (Wildman–Crippen MR) is 120 cm³/mol. The van der Waals surface area contributed by atoms with Gasteiger partial charge in [0.2, 0.25) is 10.0 Å². The van der Waals surface area contributed by atoms with Gasteiger partial charge in [0.25, 0.3) is 0 Å². The first-order chi connectivity index (χ1) is 15.9. The standard InChI is InChI=1S/C23H24F4N2O4S/c1-3-18-21(19(30)14-15-8-4-5-11-20(15)33-23(25,26)27)16-9-6-10-17(24)22(16)29(18)13-7-12-28-34(2,31)32/h4-6,8-11,28H,3,7,12-14H2,1-2H3. The molecule has 0 aliphatic rings. The Labute approximate surface area is 194 Å². The Balaban J connectivity index is 2.00. The highest BCUT2D eigenvalue weighted by atomic mass is 32.2. The number of nitrogens with zero attached hydrogens (tertiary/aromatic N) is 1. The van der Waals surface area contributed by atoms with Crippen molar-refractivity contribution in [2.45, 2.75) is 39.1 Å². The number of fused-ring (bicyclic) bond motifs is 1. The average Bonchev–Trinajstić information content (AvgIpc) is 3.05. The van der Waals surface area contributed by atoms with Gasteiger partial charge in [0.1, 0.15) is 11.6 Å². The Bertz CT molecular complexity index is 1300. The first-order valence-corrected chi connectivity index (χ1v) is 12.4. The Kier molecular flexibility index (Phi) is 7.67. The molecule has 0 spiro atoms. The number of carbonyl (C=O) groups excluding carboxylic acids is 1. The van der Waals surface area contributed by atoms with Gasteiger partial charge in [-0.25, -0.2) is 17.5 Å². The maximum atomic E-state index is 14.8. The lowest BCUT2D eigenvalue weighted by molar-refractivity contribution is -0.274. The lowest BCUT2D eigenvalue weighted by Crippen LogP contribution is -2.24. The number of hydrogen-bond acceptors (Lipinski definition) is 4. The molecule has 1 heterocycles. The minimum atomic E-state index is -4.91.